The topological polar surface area (TPSA) is 46.3 Å². The van der Waals surface area contributed by atoms with Crippen molar-refractivity contribution in [1.29, 1.82) is 0 Å². The van der Waals surface area contributed by atoms with Gasteiger partial charge in [0.2, 0.25) is 5.91 Å². The van der Waals surface area contributed by atoms with Crippen LogP contribution in [0.2, 0.25) is 5.02 Å². The van der Waals surface area contributed by atoms with Crippen LogP contribution in [0.15, 0.2) is 24.3 Å². The van der Waals surface area contributed by atoms with Crippen molar-refractivity contribution in [2.75, 3.05) is 7.05 Å². The first-order chi connectivity index (χ1) is 7.91. The van der Waals surface area contributed by atoms with Gasteiger partial charge in [0.25, 0.3) is 0 Å². The smallest absolute Gasteiger partial charge is 0.239 e. The Morgan fingerprint density at radius 3 is 2.35 bits per heavy atom. The van der Waals surface area contributed by atoms with Crippen LogP contribution in [0.5, 0.6) is 0 Å². The molecule has 0 fully saturated rings. The SMILES string of the molecule is CC(C)[C@H](N)C(=O)N(C)Cc1ccc(Cl)cc1. The summed E-state index contributed by atoms with van der Waals surface area (Å²) in [5.74, 6) is 0.116. The van der Waals surface area contributed by atoms with E-state index in [1.54, 1.807) is 11.9 Å². The number of amides is 1. The van der Waals surface area contributed by atoms with Crippen molar-refractivity contribution >= 4 is 17.5 Å². The molecule has 4 heteroatoms. The summed E-state index contributed by atoms with van der Waals surface area (Å²) in [5, 5.41) is 0.696. The zero-order chi connectivity index (χ0) is 13.0. The van der Waals surface area contributed by atoms with Crippen molar-refractivity contribution in [3.05, 3.63) is 34.9 Å². The molecule has 0 aliphatic rings. The van der Waals surface area contributed by atoms with Gasteiger partial charge in [-0.1, -0.05) is 37.6 Å². The number of hydrogen-bond acceptors (Lipinski definition) is 2. The predicted octanol–water partition coefficient (Wildman–Crippen LogP) is 2.28. The third-order valence-corrected chi connectivity index (χ3v) is 2.96. The van der Waals surface area contributed by atoms with Gasteiger partial charge in [0.1, 0.15) is 0 Å². The monoisotopic (exact) mass is 254 g/mol. The predicted molar refractivity (Wildman–Crippen MR) is 70.7 cm³/mol. The van der Waals surface area contributed by atoms with E-state index < -0.39 is 6.04 Å². The maximum atomic E-state index is 11.9. The van der Waals surface area contributed by atoms with E-state index in [0.29, 0.717) is 11.6 Å². The third kappa shape index (κ3) is 4.02. The molecule has 0 spiro atoms. The number of halogens is 1. The minimum Gasteiger partial charge on any atom is -0.340 e. The molecule has 17 heavy (non-hydrogen) atoms. The first kappa shape index (κ1) is 14.0. The molecule has 0 saturated carbocycles. The van der Waals surface area contributed by atoms with Crippen LogP contribution in [-0.4, -0.2) is 23.9 Å². The zero-order valence-corrected chi connectivity index (χ0v) is 11.2. The molecule has 94 valence electrons. The Bertz CT molecular complexity index is 376. The van der Waals surface area contributed by atoms with Crippen LogP contribution < -0.4 is 5.73 Å². The van der Waals surface area contributed by atoms with Crippen LogP contribution in [0, 0.1) is 5.92 Å². The lowest BCUT2D eigenvalue weighted by molar-refractivity contribution is -0.132. The molecule has 0 unspecified atom stereocenters. The summed E-state index contributed by atoms with van der Waals surface area (Å²) in [6.45, 7) is 4.44. The molecule has 0 bridgehead atoms. The van der Waals surface area contributed by atoms with E-state index in [1.165, 1.54) is 0 Å². The van der Waals surface area contributed by atoms with E-state index in [0.717, 1.165) is 5.56 Å². The fourth-order valence-electron chi connectivity index (χ4n) is 1.48. The van der Waals surface area contributed by atoms with Gasteiger partial charge in [-0.05, 0) is 23.6 Å². The lowest BCUT2D eigenvalue weighted by Gasteiger charge is -2.23. The Labute approximate surface area is 108 Å². The van der Waals surface area contributed by atoms with Crippen LogP contribution >= 0.6 is 11.6 Å². The first-order valence-corrected chi connectivity index (χ1v) is 6.04. The average Bonchev–Trinajstić information content (AvgIpc) is 2.30. The van der Waals surface area contributed by atoms with Crippen molar-refractivity contribution in [1.82, 2.24) is 4.90 Å². The molecule has 1 aromatic carbocycles. The zero-order valence-electron chi connectivity index (χ0n) is 10.5. The highest BCUT2D eigenvalue weighted by molar-refractivity contribution is 6.30. The summed E-state index contributed by atoms with van der Waals surface area (Å²) < 4.78 is 0. The van der Waals surface area contributed by atoms with Crippen LogP contribution in [0.3, 0.4) is 0 Å². The van der Waals surface area contributed by atoms with E-state index in [-0.39, 0.29) is 11.8 Å². The number of carbonyl (C=O) groups excluding carboxylic acids is 1. The molecule has 1 aromatic rings. The quantitative estimate of drug-likeness (QED) is 0.896. The van der Waals surface area contributed by atoms with Gasteiger partial charge >= 0.3 is 0 Å². The molecule has 0 aromatic heterocycles. The first-order valence-electron chi connectivity index (χ1n) is 5.67. The minimum absolute atomic E-state index is 0.0325. The maximum absolute atomic E-state index is 11.9. The van der Waals surface area contributed by atoms with Gasteiger partial charge in [0.05, 0.1) is 6.04 Å². The Balaban J connectivity index is 2.63. The highest BCUT2D eigenvalue weighted by Gasteiger charge is 2.20. The summed E-state index contributed by atoms with van der Waals surface area (Å²) in [4.78, 5) is 13.6. The number of likely N-dealkylation sites (N-methyl/N-ethyl adjacent to an activating group) is 1. The molecule has 0 radical (unpaired) electrons. The highest BCUT2D eigenvalue weighted by atomic mass is 35.5. The number of nitrogens with two attached hydrogens (primary N) is 1. The minimum atomic E-state index is -0.438. The molecular formula is C13H19ClN2O. The van der Waals surface area contributed by atoms with Crippen LogP contribution in [-0.2, 0) is 11.3 Å². The maximum Gasteiger partial charge on any atom is 0.239 e. The highest BCUT2D eigenvalue weighted by Crippen LogP contribution is 2.12. The summed E-state index contributed by atoms with van der Waals surface area (Å²) in [5.41, 5.74) is 6.87. The van der Waals surface area contributed by atoms with E-state index in [1.807, 2.05) is 38.1 Å². The molecule has 0 aliphatic carbocycles. The summed E-state index contributed by atoms with van der Waals surface area (Å²) in [7, 11) is 1.76. The largest absolute Gasteiger partial charge is 0.340 e. The van der Waals surface area contributed by atoms with Crippen LogP contribution in [0.25, 0.3) is 0 Å². The van der Waals surface area contributed by atoms with E-state index >= 15 is 0 Å². The third-order valence-electron chi connectivity index (χ3n) is 2.71. The molecule has 1 amide bonds. The molecule has 0 saturated heterocycles. The molecule has 3 nitrogen and oxygen atoms in total. The Kier molecular flexibility index (Phi) is 4.97. The average molecular weight is 255 g/mol. The summed E-state index contributed by atoms with van der Waals surface area (Å²) >= 11 is 5.80. The summed E-state index contributed by atoms with van der Waals surface area (Å²) in [6, 6.07) is 7.02. The van der Waals surface area contributed by atoms with Gasteiger partial charge in [-0.25, -0.2) is 0 Å². The van der Waals surface area contributed by atoms with Crippen molar-refractivity contribution < 1.29 is 4.79 Å². The fourth-order valence-corrected chi connectivity index (χ4v) is 1.61. The Morgan fingerprint density at radius 1 is 1.35 bits per heavy atom. The molecule has 2 N–H and O–H groups in total. The number of nitrogens with zero attached hydrogens (tertiary/aromatic N) is 1. The molecular weight excluding hydrogens is 236 g/mol. The molecule has 0 aliphatic heterocycles. The van der Waals surface area contributed by atoms with Gasteiger partial charge < -0.3 is 10.6 Å². The second-order valence-corrected chi connectivity index (χ2v) is 5.03. The normalized spacial score (nSPS) is 12.6. The van der Waals surface area contributed by atoms with Crippen LogP contribution in [0.1, 0.15) is 19.4 Å². The van der Waals surface area contributed by atoms with Gasteiger partial charge in [-0.15, -0.1) is 0 Å². The number of hydrogen-bond donors (Lipinski definition) is 1. The second-order valence-electron chi connectivity index (χ2n) is 4.59. The van der Waals surface area contributed by atoms with E-state index in [4.69, 9.17) is 17.3 Å². The van der Waals surface area contributed by atoms with E-state index in [2.05, 4.69) is 0 Å². The number of benzene rings is 1. The molecule has 1 atom stereocenters. The van der Waals surface area contributed by atoms with Crippen molar-refractivity contribution in [2.24, 2.45) is 11.7 Å². The fraction of sp³-hybridized carbons (Fsp3) is 0.462. The number of rotatable bonds is 4. The van der Waals surface area contributed by atoms with Crippen molar-refractivity contribution in [2.45, 2.75) is 26.4 Å². The summed E-state index contributed by atoms with van der Waals surface area (Å²) in [6.07, 6.45) is 0. The Hall–Kier alpha value is -1.06. The van der Waals surface area contributed by atoms with Crippen LogP contribution in [0.4, 0.5) is 0 Å². The van der Waals surface area contributed by atoms with Crippen molar-refractivity contribution in [3.8, 4) is 0 Å². The molecule has 0 heterocycles. The Morgan fingerprint density at radius 2 is 1.88 bits per heavy atom. The van der Waals surface area contributed by atoms with Gasteiger partial charge in [0, 0.05) is 18.6 Å². The number of carbonyl (C=O) groups is 1. The van der Waals surface area contributed by atoms with Crippen molar-refractivity contribution in [3.63, 3.8) is 0 Å². The van der Waals surface area contributed by atoms with Gasteiger partial charge in [-0.3, -0.25) is 4.79 Å². The van der Waals surface area contributed by atoms with Gasteiger partial charge in [0.15, 0.2) is 0 Å². The second kappa shape index (κ2) is 6.03. The molecule has 1 rings (SSSR count). The van der Waals surface area contributed by atoms with Gasteiger partial charge in [-0.2, -0.15) is 0 Å². The lowest BCUT2D eigenvalue weighted by atomic mass is 10.0. The van der Waals surface area contributed by atoms with E-state index in [9.17, 15) is 4.79 Å². The lowest BCUT2D eigenvalue weighted by Crippen LogP contribution is -2.44. The standard InChI is InChI=1S/C13H19ClN2O/c1-9(2)12(15)13(17)16(3)8-10-4-6-11(14)7-5-10/h4-7,9,12H,8,15H2,1-3H3/t12-/m0/s1.